The maximum atomic E-state index is 13.3. The quantitative estimate of drug-likeness (QED) is 0.248. The summed E-state index contributed by atoms with van der Waals surface area (Å²) in [6.45, 7) is 0.286. The summed E-state index contributed by atoms with van der Waals surface area (Å²) in [6.07, 6.45) is -2.32. The minimum Gasteiger partial charge on any atom is -0.453 e. The minimum absolute atomic E-state index is 0.00269. The summed E-state index contributed by atoms with van der Waals surface area (Å²) in [6, 6.07) is 16.1. The van der Waals surface area contributed by atoms with Crippen LogP contribution in [0.4, 0.5) is 9.59 Å². The van der Waals surface area contributed by atoms with Gasteiger partial charge in [-0.25, -0.2) is 9.59 Å². The molecule has 0 heterocycles. The standard InChI is InChI=1S/C27H36N4O8/c1-36-23(37-2)16-22(31-27(35)39-18-20-12-8-5-9-13-20)25(33)30-21(14-15-28-26(34)38-3)24(32)29-17-19-10-6-4-7-11-19/h4-13,21-23H,14-18H2,1-3H3,(H,28,34)(H,29,32)(H,30,33)(H,31,35). The van der Waals surface area contributed by atoms with Gasteiger partial charge in [-0.05, 0) is 17.5 Å². The van der Waals surface area contributed by atoms with Crippen LogP contribution in [0.5, 0.6) is 0 Å². The molecular weight excluding hydrogens is 508 g/mol. The molecule has 0 saturated heterocycles. The second-order valence-electron chi connectivity index (χ2n) is 8.37. The third-order valence-electron chi connectivity index (χ3n) is 5.61. The van der Waals surface area contributed by atoms with Gasteiger partial charge in [-0.15, -0.1) is 0 Å². The number of rotatable bonds is 15. The van der Waals surface area contributed by atoms with Gasteiger partial charge in [0.2, 0.25) is 11.8 Å². The summed E-state index contributed by atoms with van der Waals surface area (Å²) in [5.74, 6) is -1.14. The van der Waals surface area contributed by atoms with Crippen LogP contribution >= 0.6 is 0 Å². The van der Waals surface area contributed by atoms with Crippen molar-refractivity contribution in [2.45, 2.75) is 44.4 Å². The number of hydrogen-bond acceptors (Lipinski definition) is 8. The van der Waals surface area contributed by atoms with Crippen LogP contribution in [0.3, 0.4) is 0 Å². The number of alkyl carbamates (subject to hydrolysis) is 2. The summed E-state index contributed by atoms with van der Waals surface area (Å²) < 4.78 is 20.2. The molecule has 12 nitrogen and oxygen atoms in total. The van der Waals surface area contributed by atoms with Crippen LogP contribution in [0.1, 0.15) is 24.0 Å². The molecule has 0 radical (unpaired) electrons. The molecule has 2 aromatic carbocycles. The Kier molecular flexibility index (Phi) is 13.8. The third kappa shape index (κ3) is 11.8. The molecule has 0 spiro atoms. The Morgan fingerprint density at radius 2 is 1.33 bits per heavy atom. The molecule has 12 heteroatoms. The molecule has 4 N–H and O–H groups in total. The van der Waals surface area contributed by atoms with Gasteiger partial charge in [0.1, 0.15) is 18.7 Å². The van der Waals surface area contributed by atoms with E-state index in [1.807, 2.05) is 48.5 Å². The second-order valence-corrected chi connectivity index (χ2v) is 8.37. The first-order valence-corrected chi connectivity index (χ1v) is 12.3. The second kappa shape index (κ2) is 17.4. The highest BCUT2D eigenvalue weighted by molar-refractivity contribution is 5.91. The van der Waals surface area contributed by atoms with E-state index >= 15 is 0 Å². The fourth-order valence-corrected chi connectivity index (χ4v) is 3.46. The number of methoxy groups -OCH3 is 3. The number of amides is 4. The smallest absolute Gasteiger partial charge is 0.408 e. The van der Waals surface area contributed by atoms with Crippen LogP contribution in [0, 0.1) is 0 Å². The predicted octanol–water partition coefficient (Wildman–Crippen LogP) is 1.84. The Balaban J connectivity index is 2.09. The summed E-state index contributed by atoms with van der Waals surface area (Å²) >= 11 is 0. The molecule has 4 amide bonds. The summed E-state index contributed by atoms with van der Waals surface area (Å²) in [5, 5.41) is 10.4. The zero-order chi connectivity index (χ0) is 28.5. The zero-order valence-corrected chi connectivity index (χ0v) is 22.3. The molecule has 0 fully saturated rings. The Morgan fingerprint density at radius 3 is 1.92 bits per heavy atom. The highest BCUT2D eigenvalue weighted by Gasteiger charge is 2.29. The van der Waals surface area contributed by atoms with E-state index in [1.54, 1.807) is 12.1 Å². The van der Waals surface area contributed by atoms with E-state index in [9.17, 15) is 19.2 Å². The van der Waals surface area contributed by atoms with E-state index in [-0.39, 0.29) is 32.5 Å². The Bertz CT molecular complexity index is 1030. The minimum atomic E-state index is -1.16. The number of carbonyl (C=O) groups excluding carboxylic acids is 4. The molecule has 2 unspecified atom stereocenters. The molecule has 0 aromatic heterocycles. The van der Waals surface area contributed by atoms with Gasteiger partial charge >= 0.3 is 12.2 Å². The van der Waals surface area contributed by atoms with E-state index in [1.165, 1.54) is 21.3 Å². The van der Waals surface area contributed by atoms with Crippen molar-refractivity contribution in [1.82, 2.24) is 21.3 Å². The van der Waals surface area contributed by atoms with Crippen molar-refractivity contribution in [1.29, 1.82) is 0 Å². The van der Waals surface area contributed by atoms with Gasteiger partial charge in [0.25, 0.3) is 0 Å². The lowest BCUT2D eigenvalue weighted by atomic mass is 10.1. The highest BCUT2D eigenvalue weighted by atomic mass is 16.7. The molecule has 2 aromatic rings. The highest BCUT2D eigenvalue weighted by Crippen LogP contribution is 2.07. The fourth-order valence-electron chi connectivity index (χ4n) is 3.46. The van der Waals surface area contributed by atoms with Crippen molar-refractivity contribution in [2.75, 3.05) is 27.9 Å². The van der Waals surface area contributed by atoms with Gasteiger partial charge in [0.05, 0.1) is 7.11 Å². The molecule has 0 bridgehead atoms. The monoisotopic (exact) mass is 544 g/mol. The van der Waals surface area contributed by atoms with Crippen LogP contribution in [0.15, 0.2) is 60.7 Å². The molecule has 0 aliphatic carbocycles. The maximum Gasteiger partial charge on any atom is 0.408 e. The number of hydrogen-bond donors (Lipinski definition) is 4. The Morgan fingerprint density at radius 1 is 0.718 bits per heavy atom. The van der Waals surface area contributed by atoms with E-state index in [2.05, 4.69) is 26.0 Å². The maximum absolute atomic E-state index is 13.3. The third-order valence-corrected chi connectivity index (χ3v) is 5.61. The van der Waals surface area contributed by atoms with Gasteiger partial charge in [-0.2, -0.15) is 0 Å². The molecule has 0 aliphatic heterocycles. The number of carbonyl (C=O) groups is 4. The molecule has 2 rings (SSSR count). The van der Waals surface area contributed by atoms with Crippen molar-refractivity contribution in [2.24, 2.45) is 0 Å². The summed E-state index contributed by atoms with van der Waals surface area (Å²) in [7, 11) is 4.01. The van der Waals surface area contributed by atoms with Crippen LogP contribution in [0.25, 0.3) is 0 Å². The van der Waals surface area contributed by atoms with Gasteiger partial charge in [-0.3, -0.25) is 9.59 Å². The lowest BCUT2D eigenvalue weighted by Gasteiger charge is -2.25. The molecule has 0 saturated carbocycles. The van der Waals surface area contributed by atoms with Crippen LogP contribution < -0.4 is 21.3 Å². The molecule has 0 aliphatic rings. The van der Waals surface area contributed by atoms with E-state index in [0.717, 1.165) is 11.1 Å². The van der Waals surface area contributed by atoms with Crippen molar-refractivity contribution >= 4 is 24.0 Å². The topological polar surface area (TPSA) is 153 Å². The summed E-state index contributed by atoms with van der Waals surface area (Å²) in [5.41, 5.74) is 1.64. The van der Waals surface area contributed by atoms with Crippen molar-refractivity contribution < 1.29 is 38.1 Å². The first kappa shape index (κ1) is 31.1. The average Bonchev–Trinajstić information content (AvgIpc) is 2.97. The lowest BCUT2D eigenvalue weighted by Crippen LogP contribution is -2.55. The number of benzene rings is 2. The first-order valence-electron chi connectivity index (χ1n) is 12.3. The zero-order valence-electron chi connectivity index (χ0n) is 22.3. The SMILES string of the molecule is COC(=O)NCCC(NC(=O)C(CC(OC)OC)NC(=O)OCc1ccccc1)C(=O)NCc1ccccc1. The van der Waals surface area contributed by atoms with Gasteiger partial charge in [-0.1, -0.05) is 60.7 Å². The number of nitrogens with one attached hydrogen (secondary N) is 4. The van der Waals surface area contributed by atoms with Crippen molar-refractivity contribution in [3.8, 4) is 0 Å². The molecular formula is C27H36N4O8. The van der Waals surface area contributed by atoms with Gasteiger partial charge in [0.15, 0.2) is 6.29 Å². The Labute approximate surface area is 227 Å². The van der Waals surface area contributed by atoms with Crippen molar-refractivity contribution in [3.05, 3.63) is 71.8 Å². The van der Waals surface area contributed by atoms with E-state index in [0.29, 0.717) is 0 Å². The van der Waals surface area contributed by atoms with Gasteiger partial charge < -0.3 is 40.2 Å². The largest absolute Gasteiger partial charge is 0.453 e. The van der Waals surface area contributed by atoms with Crippen LogP contribution in [0.2, 0.25) is 0 Å². The predicted molar refractivity (Wildman–Crippen MR) is 141 cm³/mol. The van der Waals surface area contributed by atoms with Crippen LogP contribution in [-0.2, 0) is 41.7 Å². The normalized spacial score (nSPS) is 12.1. The lowest BCUT2D eigenvalue weighted by molar-refractivity contribution is -0.135. The molecule has 212 valence electrons. The fraction of sp³-hybridized carbons (Fsp3) is 0.407. The molecule has 39 heavy (non-hydrogen) atoms. The van der Waals surface area contributed by atoms with Crippen molar-refractivity contribution in [3.63, 3.8) is 0 Å². The number of ether oxygens (including phenoxy) is 4. The first-order chi connectivity index (χ1) is 18.9. The molecule has 2 atom stereocenters. The Hall–Kier alpha value is -4.16. The van der Waals surface area contributed by atoms with E-state index < -0.39 is 42.4 Å². The summed E-state index contributed by atoms with van der Waals surface area (Å²) in [4.78, 5) is 50.3. The van der Waals surface area contributed by atoms with E-state index in [4.69, 9.17) is 14.2 Å². The van der Waals surface area contributed by atoms with Gasteiger partial charge in [0, 0.05) is 33.7 Å². The average molecular weight is 545 g/mol. The van der Waals surface area contributed by atoms with Crippen LogP contribution in [-0.4, -0.2) is 70.2 Å².